The van der Waals surface area contributed by atoms with Crippen molar-refractivity contribution in [2.24, 2.45) is 0 Å². The fourth-order valence-electron chi connectivity index (χ4n) is 3.68. The van der Waals surface area contributed by atoms with Crippen LogP contribution in [0.2, 0.25) is 0 Å². The molecule has 138 valence electrons. The zero-order chi connectivity index (χ0) is 18.1. The van der Waals surface area contributed by atoms with Gasteiger partial charge in [0.1, 0.15) is 5.75 Å². The molecule has 1 heterocycles. The number of carbonyl (C=O) groups is 1. The van der Waals surface area contributed by atoms with E-state index < -0.39 is 0 Å². The molecule has 1 fully saturated rings. The molecule has 1 aliphatic rings. The topological polar surface area (TPSA) is 41.6 Å². The average molecular weight is 344 g/mol. The third-order valence-electron chi connectivity index (χ3n) is 5.50. The summed E-state index contributed by atoms with van der Waals surface area (Å²) in [5, 5.41) is 3.03. The summed E-state index contributed by atoms with van der Waals surface area (Å²) in [5.74, 6) is 0.752. The molecule has 4 nitrogen and oxygen atoms in total. The van der Waals surface area contributed by atoms with E-state index in [9.17, 15) is 4.79 Å². The first-order chi connectivity index (χ1) is 12.1. The Morgan fingerprint density at radius 3 is 2.76 bits per heavy atom. The smallest absolute Gasteiger partial charge is 0.243 e. The Morgan fingerprint density at radius 1 is 1.36 bits per heavy atom. The summed E-state index contributed by atoms with van der Waals surface area (Å²) in [6.45, 7) is 9.84. The van der Waals surface area contributed by atoms with Gasteiger partial charge in [0.05, 0.1) is 7.11 Å². The summed E-state index contributed by atoms with van der Waals surface area (Å²) in [5.41, 5.74) is 1.14. The lowest BCUT2D eigenvalue weighted by molar-refractivity contribution is -0.116. The third kappa shape index (κ3) is 5.33. The highest BCUT2D eigenvalue weighted by Crippen LogP contribution is 2.34. The summed E-state index contributed by atoms with van der Waals surface area (Å²) >= 11 is 0. The first kappa shape index (κ1) is 19.5. The predicted molar refractivity (Wildman–Crippen MR) is 103 cm³/mol. The Kier molecular flexibility index (Phi) is 7.51. The van der Waals surface area contributed by atoms with Crippen LogP contribution in [-0.4, -0.2) is 44.1 Å². The minimum absolute atomic E-state index is 0.0926. The molecule has 1 atom stereocenters. The minimum atomic E-state index is -0.112. The van der Waals surface area contributed by atoms with Crippen LogP contribution in [-0.2, 0) is 10.2 Å². The maximum atomic E-state index is 11.8. The Labute approximate surface area is 152 Å². The summed E-state index contributed by atoms with van der Waals surface area (Å²) in [4.78, 5) is 14.3. The van der Waals surface area contributed by atoms with Crippen LogP contribution in [0.25, 0.3) is 0 Å². The molecule has 1 amide bonds. The van der Waals surface area contributed by atoms with E-state index >= 15 is 0 Å². The van der Waals surface area contributed by atoms with Gasteiger partial charge in [-0.1, -0.05) is 32.1 Å². The minimum Gasteiger partial charge on any atom is -0.497 e. The molecular weight excluding hydrogens is 312 g/mol. The van der Waals surface area contributed by atoms with E-state index in [4.69, 9.17) is 4.74 Å². The molecule has 0 spiro atoms. The zero-order valence-electron chi connectivity index (χ0n) is 15.7. The molecule has 1 saturated heterocycles. The van der Waals surface area contributed by atoms with Gasteiger partial charge in [0.15, 0.2) is 0 Å². The molecule has 0 bridgehead atoms. The molecule has 0 saturated carbocycles. The van der Waals surface area contributed by atoms with Crippen LogP contribution in [0.3, 0.4) is 0 Å². The maximum absolute atomic E-state index is 11.8. The van der Waals surface area contributed by atoms with Crippen molar-refractivity contribution < 1.29 is 9.53 Å². The number of likely N-dealkylation sites (tertiary alicyclic amines) is 1. The number of carbonyl (C=O) groups excluding carboxylic acids is 1. The number of amides is 1. The number of methoxy groups -OCH3 is 1. The van der Waals surface area contributed by atoms with Crippen molar-refractivity contribution in [2.45, 2.75) is 44.4 Å². The molecule has 0 radical (unpaired) electrons. The molecule has 1 aliphatic heterocycles. The molecule has 1 N–H and O–H groups in total. The maximum Gasteiger partial charge on any atom is 0.243 e. The van der Waals surface area contributed by atoms with E-state index in [2.05, 4.69) is 35.9 Å². The van der Waals surface area contributed by atoms with Crippen molar-refractivity contribution in [1.29, 1.82) is 0 Å². The van der Waals surface area contributed by atoms with Crippen molar-refractivity contribution in [3.05, 3.63) is 42.5 Å². The quantitative estimate of drug-likeness (QED) is 0.697. The van der Waals surface area contributed by atoms with Crippen LogP contribution in [0.4, 0.5) is 0 Å². The number of nitrogens with zero attached hydrogens (tertiary/aromatic N) is 1. The van der Waals surface area contributed by atoms with Crippen LogP contribution in [0, 0.1) is 0 Å². The first-order valence-corrected chi connectivity index (χ1v) is 9.40. The fourth-order valence-corrected chi connectivity index (χ4v) is 3.68. The van der Waals surface area contributed by atoms with E-state index in [1.807, 2.05) is 12.1 Å². The fraction of sp³-hybridized carbons (Fsp3) is 0.571. The number of hydrogen-bond donors (Lipinski definition) is 1. The van der Waals surface area contributed by atoms with Crippen molar-refractivity contribution >= 4 is 5.91 Å². The van der Waals surface area contributed by atoms with Crippen LogP contribution in [0.15, 0.2) is 36.9 Å². The van der Waals surface area contributed by atoms with Crippen LogP contribution in [0.5, 0.6) is 5.75 Å². The van der Waals surface area contributed by atoms with Crippen LogP contribution >= 0.6 is 0 Å². The van der Waals surface area contributed by atoms with Gasteiger partial charge in [-0.3, -0.25) is 4.79 Å². The number of benzene rings is 1. The molecule has 0 aliphatic carbocycles. The van der Waals surface area contributed by atoms with E-state index in [1.165, 1.54) is 44.0 Å². The largest absolute Gasteiger partial charge is 0.497 e. The average Bonchev–Trinajstić information content (AvgIpc) is 2.69. The molecule has 25 heavy (non-hydrogen) atoms. The van der Waals surface area contributed by atoms with E-state index in [-0.39, 0.29) is 11.3 Å². The Bertz CT molecular complexity index is 567. The Balaban J connectivity index is 2.20. The normalized spacial score (nSPS) is 17.5. The van der Waals surface area contributed by atoms with E-state index in [0.717, 1.165) is 25.1 Å². The van der Waals surface area contributed by atoms with Gasteiger partial charge < -0.3 is 15.0 Å². The number of ether oxygens (including phenoxy) is 1. The lowest BCUT2D eigenvalue weighted by Crippen LogP contribution is -2.43. The molecule has 2 rings (SSSR count). The molecule has 1 aromatic rings. The van der Waals surface area contributed by atoms with E-state index in [0.29, 0.717) is 6.54 Å². The van der Waals surface area contributed by atoms with Crippen molar-refractivity contribution in [1.82, 2.24) is 10.2 Å². The van der Waals surface area contributed by atoms with Crippen molar-refractivity contribution in [3.8, 4) is 5.75 Å². The second-order valence-electron chi connectivity index (χ2n) is 6.94. The lowest BCUT2D eigenvalue weighted by atomic mass is 9.75. The van der Waals surface area contributed by atoms with Gasteiger partial charge in [0, 0.05) is 12.0 Å². The molecular formula is C21H32N2O2. The highest BCUT2D eigenvalue weighted by Gasteiger charge is 2.31. The first-order valence-electron chi connectivity index (χ1n) is 9.40. The number of nitrogens with one attached hydrogen (secondary N) is 1. The summed E-state index contributed by atoms with van der Waals surface area (Å²) in [6.07, 6.45) is 7.27. The Hall–Kier alpha value is -1.81. The zero-order valence-corrected chi connectivity index (χ0v) is 15.7. The van der Waals surface area contributed by atoms with Gasteiger partial charge in [0.2, 0.25) is 5.91 Å². The van der Waals surface area contributed by atoms with Gasteiger partial charge in [-0.2, -0.15) is 0 Å². The number of rotatable bonds is 9. The highest BCUT2D eigenvalue weighted by atomic mass is 16.5. The van der Waals surface area contributed by atoms with Gasteiger partial charge in [-0.15, -0.1) is 0 Å². The van der Waals surface area contributed by atoms with Gasteiger partial charge in [-0.05, 0) is 69.1 Å². The third-order valence-corrected chi connectivity index (χ3v) is 5.50. The van der Waals surface area contributed by atoms with Crippen molar-refractivity contribution in [3.63, 3.8) is 0 Å². The molecule has 0 aromatic heterocycles. The number of hydrogen-bond acceptors (Lipinski definition) is 3. The summed E-state index contributed by atoms with van der Waals surface area (Å²) in [6, 6.07) is 8.27. The number of piperidine rings is 1. The van der Waals surface area contributed by atoms with Gasteiger partial charge in [0.25, 0.3) is 0 Å². The summed E-state index contributed by atoms with van der Waals surface area (Å²) in [7, 11) is 1.69. The van der Waals surface area contributed by atoms with Gasteiger partial charge in [-0.25, -0.2) is 0 Å². The second kappa shape index (κ2) is 9.62. The standard InChI is InChI=1S/C21H32N2O2/c1-4-20(24)22-17-21(5-2,12-15-23-13-7-6-8-14-23)18-10-9-11-19(16-18)25-3/h4,9-11,16H,1,5-8,12-15,17H2,2-3H3,(H,22,24). The predicted octanol–water partition coefficient (Wildman–Crippen LogP) is 3.52. The molecule has 1 aromatic carbocycles. The molecule has 4 heteroatoms. The van der Waals surface area contributed by atoms with Crippen LogP contribution in [0.1, 0.15) is 44.6 Å². The SMILES string of the molecule is C=CC(=O)NCC(CC)(CCN1CCCCC1)c1cccc(OC)c1. The second-order valence-corrected chi connectivity index (χ2v) is 6.94. The highest BCUT2D eigenvalue weighted by molar-refractivity contribution is 5.86. The van der Waals surface area contributed by atoms with Crippen LogP contribution < -0.4 is 10.1 Å². The summed E-state index contributed by atoms with van der Waals surface area (Å²) < 4.78 is 5.42. The van der Waals surface area contributed by atoms with Gasteiger partial charge >= 0.3 is 0 Å². The monoisotopic (exact) mass is 344 g/mol. The Morgan fingerprint density at radius 2 is 2.12 bits per heavy atom. The lowest BCUT2D eigenvalue weighted by Gasteiger charge is -2.37. The molecule has 1 unspecified atom stereocenters. The van der Waals surface area contributed by atoms with E-state index in [1.54, 1.807) is 7.11 Å². The van der Waals surface area contributed by atoms with Crippen molar-refractivity contribution in [2.75, 3.05) is 33.3 Å².